The van der Waals surface area contributed by atoms with Crippen LogP contribution in [0.4, 0.5) is 0 Å². The minimum Gasteiger partial charge on any atom is -0.383 e. The maximum atomic E-state index is 10.5. The molecule has 24 heavy (non-hydrogen) atoms. The highest BCUT2D eigenvalue weighted by molar-refractivity contribution is 14.0. The molecule has 1 aliphatic heterocycles. The lowest BCUT2D eigenvalue weighted by molar-refractivity contribution is 0.0677. The van der Waals surface area contributed by atoms with Crippen LogP contribution in [0.25, 0.3) is 0 Å². The number of guanidine groups is 1. The predicted octanol–water partition coefficient (Wildman–Crippen LogP) is 2.87. The number of halogens is 1. The van der Waals surface area contributed by atoms with Crippen molar-refractivity contribution in [2.75, 3.05) is 32.8 Å². The van der Waals surface area contributed by atoms with Gasteiger partial charge in [0.2, 0.25) is 0 Å². The SMILES string of the molecule is CCNC(=NCC(C)(O)c1ccsc1)NCCC1=CCOCC1.I. The zero-order chi connectivity index (χ0) is 16.5. The maximum absolute atomic E-state index is 10.5. The summed E-state index contributed by atoms with van der Waals surface area (Å²) in [6, 6.07) is 1.94. The lowest BCUT2D eigenvalue weighted by Gasteiger charge is -2.21. The van der Waals surface area contributed by atoms with Crippen LogP contribution in [0.15, 0.2) is 33.5 Å². The summed E-state index contributed by atoms with van der Waals surface area (Å²) >= 11 is 1.58. The number of aliphatic imine (C=N–C) groups is 1. The topological polar surface area (TPSA) is 65.9 Å². The molecule has 136 valence electrons. The zero-order valence-corrected chi connectivity index (χ0v) is 17.5. The summed E-state index contributed by atoms with van der Waals surface area (Å²) in [6.07, 6.45) is 4.17. The molecule has 0 saturated carbocycles. The highest BCUT2D eigenvalue weighted by Gasteiger charge is 2.23. The molecular weight excluding hydrogens is 437 g/mol. The van der Waals surface area contributed by atoms with Gasteiger partial charge in [-0.25, -0.2) is 4.99 Å². The Morgan fingerprint density at radius 3 is 2.92 bits per heavy atom. The van der Waals surface area contributed by atoms with Crippen molar-refractivity contribution in [1.29, 1.82) is 0 Å². The third kappa shape index (κ3) is 7.08. The summed E-state index contributed by atoms with van der Waals surface area (Å²) in [5.41, 5.74) is 1.41. The highest BCUT2D eigenvalue weighted by atomic mass is 127. The van der Waals surface area contributed by atoms with Crippen LogP contribution in [0.1, 0.15) is 32.3 Å². The minimum absolute atomic E-state index is 0. The van der Waals surface area contributed by atoms with Gasteiger partial charge in [-0.2, -0.15) is 11.3 Å². The van der Waals surface area contributed by atoms with Crippen LogP contribution in [0, 0.1) is 0 Å². The van der Waals surface area contributed by atoms with Crippen molar-refractivity contribution < 1.29 is 9.84 Å². The van der Waals surface area contributed by atoms with Crippen LogP contribution in [-0.2, 0) is 10.3 Å². The lowest BCUT2D eigenvalue weighted by Crippen LogP contribution is -2.39. The fourth-order valence-electron chi connectivity index (χ4n) is 2.37. The molecule has 2 rings (SSSR count). The average Bonchev–Trinajstić information content (AvgIpc) is 3.09. The number of thiophene rings is 1. The van der Waals surface area contributed by atoms with Crippen LogP contribution in [-0.4, -0.2) is 43.9 Å². The second-order valence-electron chi connectivity index (χ2n) is 5.85. The Morgan fingerprint density at radius 1 is 1.46 bits per heavy atom. The van der Waals surface area contributed by atoms with Crippen molar-refractivity contribution in [3.63, 3.8) is 0 Å². The van der Waals surface area contributed by atoms with Gasteiger partial charge in [-0.15, -0.1) is 24.0 Å². The molecule has 1 aromatic rings. The first-order valence-corrected chi connectivity index (χ1v) is 9.09. The van der Waals surface area contributed by atoms with Gasteiger partial charge in [0.25, 0.3) is 0 Å². The van der Waals surface area contributed by atoms with Gasteiger partial charge in [0.05, 0.1) is 19.8 Å². The maximum Gasteiger partial charge on any atom is 0.191 e. The minimum atomic E-state index is -0.939. The monoisotopic (exact) mass is 465 g/mol. The van der Waals surface area contributed by atoms with E-state index in [-0.39, 0.29) is 24.0 Å². The first kappa shape index (κ1) is 21.4. The molecule has 0 saturated heterocycles. The average molecular weight is 465 g/mol. The van der Waals surface area contributed by atoms with E-state index in [1.54, 1.807) is 18.3 Å². The molecule has 0 spiro atoms. The Kier molecular flexibility index (Phi) is 9.87. The standard InChI is InChI=1S/C17H27N3O2S.HI/c1-3-18-16(19-8-4-14-5-9-22-10-6-14)20-13-17(2,21)15-7-11-23-12-15;/h5,7,11-12,21H,3-4,6,8-10,13H2,1-2H3,(H2,18,19,20);1H. The van der Waals surface area contributed by atoms with E-state index in [0.717, 1.165) is 50.7 Å². The van der Waals surface area contributed by atoms with Crippen molar-refractivity contribution in [3.05, 3.63) is 34.0 Å². The number of hydrogen-bond donors (Lipinski definition) is 3. The van der Waals surface area contributed by atoms with E-state index in [0.29, 0.717) is 6.54 Å². The van der Waals surface area contributed by atoms with Crippen LogP contribution >= 0.6 is 35.3 Å². The third-order valence-electron chi connectivity index (χ3n) is 3.83. The highest BCUT2D eigenvalue weighted by Crippen LogP contribution is 2.23. The molecule has 0 amide bonds. The van der Waals surface area contributed by atoms with E-state index >= 15 is 0 Å². The largest absolute Gasteiger partial charge is 0.383 e. The van der Waals surface area contributed by atoms with E-state index in [2.05, 4.69) is 21.7 Å². The number of aliphatic hydroxyl groups is 1. The molecular formula is C17H28IN3O2S. The number of nitrogens with one attached hydrogen (secondary N) is 2. The van der Waals surface area contributed by atoms with E-state index < -0.39 is 5.60 Å². The molecule has 5 nitrogen and oxygen atoms in total. The van der Waals surface area contributed by atoms with Crippen LogP contribution in [0.2, 0.25) is 0 Å². The number of rotatable bonds is 7. The Bertz CT molecular complexity index is 530. The smallest absolute Gasteiger partial charge is 0.191 e. The fourth-order valence-corrected chi connectivity index (χ4v) is 3.15. The second-order valence-corrected chi connectivity index (χ2v) is 6.63. The summed E-state index contributed by atoms with van der Waals surface area (Å²) in [6.45, 7) is 7.34. The third-order valence-corrected chi connectivity index (χ3v) is 4.51. The van der Waals surface area contributed by atoms with Gasteiger partial charge in [-0.05, 0) is 49.1 Å². The Hall–Kier alpha value is -0.640. The summed E-state index contributed by atoms with van der Waals surface area (Å²) in [5, 5.41) is 21.0. The summed E-state index contributed by atoms with van der Waals surface area (Å²) in [4.78, 5) is 4.53. The predicted molar refractivity (Wildman–Crippen MR) is 111 cm³/mol. The summed E-state index contributed by atoms with van der Waals surface area (Å²) in [5.74, 6) is 0.746. The molecule has 3 N–H and O–H groups in total. The van der Waals surface area contributed by atoms with Gasteiger partial charge in [0, 0.05) is 13.1 Å². The van der Waals surface area contributed by atoms with Crippen molar-refractivity contribution in [2.45, 2.75) is 32.3 Å². The molecule has 0 radical (unpaired) electrons. The zero-order valence-electron chi connectivity index (χ0n) is 14.4. The molecule has 1 atom stereocenters. The van der Waals surface area contributed by atoms with Gasteiger partial charge >= 0.3 is 0 Å². The Morgan fingerprint density at radius 2 is 2.29 bits per heavy atom. The van der Waals surface area contributed by atoms with E-state index in [9.17, 15) is 5.11 Å². The van der Waals surface area contributed by atoms with E-state index in [4.69, 9.17) is 4.74 Å². The summed E-state index contributed by atoms with van der Waals surface area (Å²) < 4.78 is 5.32. The molecule has 0 aromatic carbocycles. The molecule has 0 fully saturated rings. The van der Waals surface area contributed by atoms with Crippen LogP contribution < -0.4 is 10.6 Å². The number of nitrogens with zero attached hydrogens (tertiary/aromatic N) is 1. The molecule has 0 bridgehead atoms. The van der Waals surface area contributed by atoms with Crippen molar-refractivity contribution in [2.24, 2.45) is 4.99 Å². The fraction of sp³-hybridized carbons (Fsp3) is 0.588. The van der Waals surface area contributed by atoms with Crippen LogP contribution in [0.5, 0.6) is 0 Å². The van der Waals surface area contributed by atoms with Crippen molar-refractivity contribution >= 4 is 41.3 Å². The number of ether oxygens (including phenoxy) is 1. The number of hydrogen-bond acceptors (Lipinski definition) is 4. The van der Waals surface area contributed by atoms with Gasteiger partial charge in [-0.3, -0.25) is 0 Å². The normalized spacial score (nSPS) is 17.5. The Labute approximate surface area is 165 Å². The van der Waals surface area contributed by atoms with Crippen LogP contribution in [0.3, 0.4) is 0 Å². The molecule has 1 aliphatic rings. The molecule has 7 heteroatoms. The molecule has 1 aromatic heterocycles. The van der Waals surface area contributed by atoms with Gasteiger partial charge in [-0.1, -0.05) is 11.6 Å². The van der Waals surface area contributed by atoms with E-state index in [1.165, 1.54) is 5.57 Å². The first-order chi connectivity index (χ1) is 11.1. The molecule has 0 aliphatic carbocycles. The summed E-state index contributed by atoms with van der Waals surface area (Å²) in [7, 11) is 0. The quantitative estimate of drug-likeness (QED) is 0.251. The van der Waals surface area contributed by atoms with E-state index in [1.807, 2.05) is 23.8 Å². The molecule has 1 unspecified atom stereocenters. The van der Waals surface area contributed by atoms with Gasteiger partial charge in [0.15, 0.2) is 5.96 Å². The second kappa shape index (κ2) is 11.1. The lowest BCUT2D eigenvalue weighted by atomic mass is 10.00. The van der Waals surface area contributed by atoms with Crippen molar-refractivity contribution in [1.82, 2.24) is 10.6 Å². The van der Waals surface area contributed by atoms with Crippen molar-refractivity contribution in [3.8, 4) is 0 Å². The Balaban J connectivity index is 0.00000288. The first-order valence-electron chi connectivity index (χ1n) is 8.14. The van der Waals surface area contributed by atoms with Gasteiger partial charge < -0.3 is 20.5 Å². The van der Waals surface area contributed by atoms with Gasteiger partial charge in [0.1, 0.15) is 5.60 Å². The molecule has 2 heterocycles.